The molecule has 0 aliphatic heterocycles. The summed E-state index contributed by atoms with van der Waals surface area (Å²) in [6.07, 6.45) is 6.29. The molecule has 1 heterocycles. The summed E-state index contributed by atoms with van der Waals surface area (Å²) in [6.45, 7) is 6.61. The molecule has 0 spiro atoms. The van der Waals surface area contributed by atoms with Gasteiger partial charge in [0.2, 0.25) is 0 Å². The van der Waals surface area contributed by atoms with E-state index in [1.165, 1.54) is 0 Å². The molecule has 14 heavy (non-hydrogen) atoms. The Bertz CT molecular complexity index is 254. The SMILES string of the molecule is CCCC(C)(CCC)c1cnnnn1. The van der Waals surface area contributed by atoms with Crippen molar-refractivity contribution in [1.29, 1.82) is 0 Å². The van der Waals surface area contributed by atoms with Crippen molar-refractivity contribution in [2.24, 2.45) is 0 Å². The van der Waals surface area contributed by atoms with Gasteiger partial charge in [0.25, 0.3) is 0 Å². The zero-order valence-electron chi connectivity index (χ0n) is 9.19. The molecule has 0 radical (unpaired) electrons. The van der Waals surface area contributed by atoms with E-state index in [0.717, 1.165) is 31.4 Å². The van der Waals surface area contributed by atoms with Crippen LogP contribution in [0, 0.1) is 0 Å². The summed E-state index contributed by atoms with van der Waals surface area (Å²) in [7, 11) is 0. The van der Waals surface area contributed by atoms with Crippen LogP contribution in [-0.2, 0) is 5.41 Å². The van der Waals surface area contributed by atoms with Crippen molar-refractivity contribution in [3.05, 3.63) is 11.9 Å². The molecule has 0 fully saturated rings. The number of rotatable bonds is 5. The molecule has 0 bridgehead atoms. The highest BCUT2D eigenvalue weighted by atomic mass is 15.4. The zero-order chi connectivity index (χ0) is 10.4. The van der Waals surface area contributed by atoms with Gasteiger partial charge in [-0.05, 0) is 23.3 Å². The highest BCUT2D eigenvalue weighted by Crippen LogP contribution is 2.31. The van der Waals surface area contributed by atoms with E-state index in [1.807, 2.05) is 0 Å². The first-order valence-electron chi connectivity index (χ1n) is 5.24. The van der Waals surface area contributed by atoms with E-state index in [-0.39, 0.29) is 5.41 Å². The van der Waals surface area contributed by atoms with Crippen molar-refractivity contribution < 1.29 is 0 Å². The highest BCUT2D eigenvalue weighted by Gasteiger charge is 2.26. The van der Waals surface area contributed by atoms with Crippen LogP contribution in [0.5, 0.6) is 0 Å². The second-order valence-electron chi connectivity index (χ2n) is 3.97. The molecule has 1 rings (SSSR count). The lowest BCUT2D eigenvalue weighted by molar-refractivity contribution is 0.372. The minimum atomic E-state index is 0.117. The third-order valence-electron chi connectivity index (χ3n) is 2.65. The largest absolute Gasteiger partial charge is 0.135 e. The molecule has 0 aromatic carbocycles. The summed E-state index contributed by atoms with van der Waals surface area (Å²) in [5.74, 6) is 0. The van der Waals surface area contributed by atoms with Crippen molar-refractivity contribution in [2.45, 2.75) is 51.9 Å². The standard InChI is InChI=1S/C10H18N4/c1-4-6-10(3,7-5-2)9-8-11-13-14-12-9/h8H,4-7H2,1-3H3. The maximum absolute atomic E-state index is 4.06. The Morgan fingerprint density at radius 1 is 1.14 bits per heavy atom. The molecule has 1 aromatic heterocycles. The molecule has 78 valence electrons. The van der Waals surface area contributed by atoms with Gasteiger partial charge in [-0.25, -0.2) is 0 Å². The Labute approximate surface area is 85.1 Å². The number of hydrogen-bond donors (Lipinski definition) is 0. The molecule has 0 saturated carbocycles. The van der Waals surface area contributed by atoms with Gasteiger partial charge in [0.1, 0.15) is 0 Å². The van der Waals surface area contributed by atoms with E-state index in [2.05, 4.69) is 41.4 Å². The molecule has 0 N–H and O–H groups in total. The number of aromatic nitrogens is 4. The topological polar surface area (TPSA) is 51.6 Å². The van der Waals surface area contributed by atoms with E-state index in [4.69, 9.17) is 0 Å². The van der Waals surface area contributed by atoms with Gasteiger partial charge in [-0.15, -0.1) is 10.2 Å². The van der Waals surface area contributed by atoms with E-state index in [0.29, 0.717) is 0 Å². The molecular formula is C10H18N4. The quantitative estimate of drug-likeness (QED) is 0.720. The van der Waals surface area contributed by atoms with Crippen LogP contribution in [0.2, 0.25) is 0 Å². The van der Waals surface area contributed by atoms with Gasteiger partial charge >= 0.3 is 0 Å². The molecule has 4 nitrogen and oxygen atoms in total. The van der Waals surface area contributed by atoms with E-state index >= 15 is 0 Å². The number of nitrogens with zero attached hydrogens (tertiary/aromatic N) is 4. The lowest BCUT2D eigenvalue weighted by atomic mass is 9.79. The van der Waals surface area contributed by atoms with Crippen LogP contribution < -0.4 is 0 Å². The van der Waals surface area contributed by atoms with Gasteiger partial charge in [-0.2, -0.15) is 0 Å². The first kappa shape index (κ1) is 11.0. The second kappa shape index (κ2) is 4.98. The monoisotopic (exact) mass is 194 g/mol. The number of hydrogen-bond acceptors (Lipinski definition) is 4. The van der Waals surface area contributed by atoms with Crippen molar-refractivity contribution in [3.63, 3.8) is 0 Å². The Balaban J connectivity index is 2.87. The fourth-order valence-corrected chi connectivity index (χ4v) is 1.96. The van der Waals surface area contributed by atoms with Crippen LogP contribution in [0.3, 0.4) is 0 Å². The lowest BCUT2D eigenvalue weighted by Crippen LogP contribution is -2.24. The van der Waals surface area contributed by atoms with Crippen molar-refractivity contribution in [3.8, 4) is 0 Å². The maximum Gasteiger partial charge on any atom is 0.0909 e. The minimum Gasteiger partial charge on any atom is -0.135 e. The third kappa shape index (κ3) is 2.47. The Kier molecular flexibility index (Phi) is 3.92. The lowest BCUT2D eigenvalue weighted by Gasteiger charge is -2.26. The Hall–Kier alpha value is -1.06. The van der Waals surface area contributed by atoms with Gasteiger partial charge in [-0.3, -0.25) is 0 Å². The fourth-order valence-electron chi connectivity index (χ4n) is 1.96. The third-order valence-corrected chi connectivity index (χ3v) is 2.65. The molecule has 0 unspecified atom stereocenters. The molecule has 1 aromatic rings. The Morgan fingerprint density at radius 2 is 1.79 bits per heavy atom. The van der Waals surface area contributed by atoms with Gasteiger partial charge in [0.15, 0.2) is 0 Å². The zero-order valence-corrected chi connectivity index (χ0v) is 9.19. The summed E-state index contributed by atoms with van der Waals surface area (Å²) >= 11 is 0. The fraction of sp³-hybridized carbons (Fsp3) is 0.800. The summed E-state index contributed by atoms with van der Waals surface area (Å²) in [4.78, 5) is 0. The molecule has 0 aliphatic carbocycles. The highest BCUT2D eigenvalue weighted by molar-refractivity contribution is 5.08. The van der Waals surface area contributed by atoms with Crippen LogP contribution >= 0.6 is 0 Å². The molecule has 0 amide bonds. The predicted octanol–water partition coefficient (Wildman–Crippen LogP) is 2.12. The van der Waals surface area contributed by atoms with E-state index in [9.17, 15) is 0 Å². The van der Waals surface area contributed by atoms with E-state index < -0.39 is 0 Å². The van der Waals surface area contributed by atoms with Crippen LogP contribution in [0.25, 0.3) is 0 Å². The molecular weight excluding hydrogens is 176 g/mol. The average molecular weight is 194 g/mol. The van der Waals surface area contributed by atoms with Crippen LogP contribution in [-0.4, -0.2) is 20.6 Å². The second-order valence-corrected chi connectivity index (χ2v) is 3.97. The van der Waals surface area contributed by atoms with E-state index in [1.54, 1.807) is 6.20 Å². The first-order chi connectivity index (χ1) is 6.73. The molecule has 4 heteroatoms. The summed E-state index contributed by atoms with van der Waals surface area (Å²) < 4.78 is 0. The van der Waals surface area contributed by atoms with Crippen LogP contribution in [0.15, 0.2) is 6.20 Å². The van der Waals surface area contributed by atoms with Gasteiger partial charge < -0.3 is 0 Å². The van der Waals surface area contributed by atoms with Gasteiger partial charge in [0.05, 0.1) is 11.9 Å². The average Bonchev–Trinajstić information content (AvgIpc) is 2.20. The first-order valence-corrected chi connectivity index (χ1v) is 5.24. The summed E-state index contributed by atoms with van der Waals surface area (Å²) in [5, 5.41) is 14.9. The predicted molar refractivity (Wildman–Crippen MR) is 54.8 cm³/mol. The molecule has 0 saturated heterocycles. The summed E-state index contributed by atoms with van der Waals surface area (Å²) in [6, 6.07) is 0. The molecule has 0 aliphatic rings. The minimum absolute atomic E-state index is 0.117. The van der Waals surface area contributed by atoms with Crippen molar-refractivity contribution >= 4 is 0 Å². The van der Waals surface area contributed by atoms with Crippen LogP contribution in [0.1, 0.15) is 52.1 Å². The van der Waals surface area contributed by atoms with Crippen LogP contribution in [0.4, 0.5) is 0 Å². The molecule has 0 atom stereocenters. The summed E-state index contributed by atoms with van der Waals surface area (Å²) in [5.41, 5.74) is 1.09. The van der Waals surface area contributed by atoms with Crippen molar-refractivity contribution in [1.82, 2.24) is 20.6 Å². The van der Waals surface area contributed by atoms with Crippen molar-refractivity contribution in [2.75, 3.05) is 0 Å². The Morgan fingerprint density at radius 3 is 2.21 bits per heavy atom. The smallest absolute Gasteiger partial charge is 0.0909 e. The van der Waals surface area contributed by atoms with Gasteiger partial charge in [0, 0.05) is 5.41 Å². The van der Waals surface area contributed by atoms with Gasteiger partial charge in [-0.1, -0.05) is 33.6 Å². The normalized spacial score (nSPS) is 11.6. The maximum atomic E-state index is 4.06.